The number of carbonyl (C=O) groups is 1. The summed E-state index contributed by atoms with van der Waals surface area (Å²) in [7, 11) is 1.71. The Morgan fingerprint density at radius 1 is 1.15 bits per heavy atom. The highest BCUT2D eigenvalue weighted by atomic mass is 16.5. The van der Waals surface area contributed by atoms with Gasteiger partial charge in [-0.1, -0.05) is 51.1 Å². The number of hydrogen-bond donors (Lipinski definition) is 0. The number of benzene rings is 1. The first kappa shape index (κ1) is 16.9. The van der Waals surface area contributed by atoms with E-state index in [2.05, 4.69) is 18.7 Å². The smallest absolute Gasteiger partial charge is 0.166 e. The highest BCUT2D eigenvalue weighted by Gasteiger charge is 2.18. The lowest BCUT2D eigenvalue weighted by Gasteiger charge is -2.26. The van der Waals surface area contributed by atoms with Crippen molar-refractivity contribution in [3.63, 3.8) is 0 Å². The summed E-state index contributed by atoms with van der Waals surface area (Å²) >= 11 is 0. The maximum atomic E-state index is 12.4. The van der Waals surface area contributed by atoms with E-state index in [1.807, 2.05) is 37.3 Å². The monoisotopic (exact) mass is 277 g/mol. The number of Topliss-reactive ketones (excluding diaryl/α,β-unsaturated/α-hetero) is 1. The summed E-state index contributed by atoms with van der Waals surface area (Å²) in [4.78, 5) is 14.7. The van der Waals surface area contributed by atoms with Crippen LogP contribution in [-0.4, -0.2) is 44.0 Å². The molecular weight excluding hydrogens is 250 g/mol. The number of rotatable bonds is 9. The van der Waals surface area contributed by atoms with E-state index < -0.39 is 0 Å². The molecule has 112 valence electrons. The van der Waals surface area contributed by atoms with E-state index in [1.54, 1.807) is 7.11 Å². The highest BCUT2D eigenvalue weighted by molar-refractivity contribution is 5.97. The van der Waals surface area contributed by atoms with Crippen molar-refractivity contribution >= 4 is 5.78 Å². The molecule has 1 aromatic carbocycles. The first-order valence-corrected chi connectivity index (χ1v) is 7.35. The predicted octanol–water partition coefficient (Wildman–Crippen LogP) is 3.11. The number of methoxy groups -OCH3 is 1. The molecule has 20 heavy (non-hydrogen) atoms. The Kier molecular flexibility index (Phi) is 7.48. The maximum absolute atomic E-state index is 12.4. The lowest BCUT2D eigenvalue weighted by molar-refractivity contribution is 0.0856. The fourth-order valence-corrected chi connectivity index (χ4v) is 2.35. The van der Waals surface area contributed by atoms with Crippen LogP contribution in [0.25, 0.3) is 0 Å². The van der Waals surface area contributed by atoms with Gasteiger partial charge in [-0.2, -0.15) is 0 Å². The molecule has 3 nitrogen and oxygen atoms in total. The first-order chi connectivity index (χ1) is 9.54. The summed E-state index contributed by atoms with van der Waals surface area (Å²) in [5.74, 6) is 0.815. The fraction of sp³-hybridized carbons (Fsp3) is 0.588. The second-order valence-corrected chi connectivity index (χ2v) is 5.78. The van der Waals surface area contributed by atoms with Gasteiger partial charge >= 0.3 is 0 Å². The second-order valence-electron chi connectivity index (χ2n) is 5.78. The largest absolute Gasteiger partial charge is 0.383 e. The summed E-state index contributed by atoms with van der Waals surface area (Å²) in [5.41, 5.74) is 0.802. The van der Waals surface area contributed by atoms with Gasteiger partial charge in [0, 0.05) is 38.2 Å². The zero-order valence-electron chi connectivity index (χ0n) is 13.1. The molecule has 0 fully saturated rings. The van der Waals surface area contributed by atoms with Crippen LogP contribution in [0, 0.1) is 11.8 Å². The third-order valence-corrected chi connectivity index (χ3v) is 3.27. The Hall–Kier alpha value is -1.19. The van der Waals surface area contributed by atoms with E-state index in [-0.39, 0.29) is 11.7 Å². The lowest BCUT2D eigenvalue weighted by atomic mass is 9.98. The molecule has 0 saturated heterocycles. The van der Waals surface area contributed by atoms with Crippen molar-refractivity contribution < 1.29 is 9.53 Å². The molecule has 0 spiro atoms. The Morgan fingerprint density at radius 3 is 2.35 bits per heavy atom. The lowest BCUT2D eigenvalue weighted by Crippen LogP contribution is -2.36. The van der Waals surface area contributed by atoms with Gasteiger partial charge in [0.05, 0.1) is 6.61 Å². The highest BCUT2D eigenvalue weighted by Crippen LogP contribution is 2.11. The average Bonchev–Trinajstić information content (AvgIpc) is 2.44. The van der Waals surface area contributed by atoms with Crippen molar-refractivity contribution in [3.05, 3.63) is 35.9 Å². The van der Waals surface area contributed by atoms with Crippen LogP contribution in [0.1, 0.15) is 31.1 Å². The SMILES string of the molecule is COCCN(CC(C)C)CC(C)C(=O)c1ccccc1. The van der Waals surface area contributed by atoms with Crippen LogP contribution in [0.5, 0.6) is 0 Å². The molecule has 0 heterocycles. The average molecular weight is 277 g/mol. The number of carbonyl (C=O) groups excluding carboxylic acids is 1. The molecule has 0 aliphatic heterocycles. The molecule has 1 atom stereocenters. The normalized spacial score (nSPS) is 12.9. The molecule has 3 heteroatoms. The summed E-state index contributed by atoms with van der Waals surface area (Å²) in [6.45, 7) is 9.77. The number of ketones is 1. The van der Waals surface area contributed by atoms with Crippen molar-refractivity contribution in [1.29, 1.82) is 0 Å². The zero-order valence-corrected chi connectivity index (χ0v) is 13.1. The van der Waals surface area contributed by atoms with E-state index in [0.29, 0.717) is 12.5 Å². The molecule has 0 aliphatic rings. The van der Waals surface area contributed by atoms with Gasteiger partial charge in [-0.3, -0.25) is 4.79 Å². The molecule has 1 unspecified atom stereocenters. The van der Waals surface area contributed by atoms with Gasteiger partial charge in [0.1, 0.15) is 0 Å². The Balaban J connectivity index is 2.60. The minimum atomic E-state index is 0.00741. The van der Waals surface area contributed by atoms with Gasteiger partial charge in [-0.25, -0.2) is 0 Å². The minimum Gasteiger partial charge on any atom is -0.383 e. The molecule has 1 aromatic rings. The number of hydrogen-bond acceptors (Lipinski definition) is 3. The molecule has 0 saturated carbocycles. The van der Waals surface area contributed by atoms with Gasteiger partial charge in [0.25, 0.3) is 0 Å². The van der Waals surface area contributed by atoms with Crippen molar-refractivity contribution in [2.75, 3.05) is 33.4 Å². The Bertz CT molecular complexity index is 389. The van der Waals surface area contributed by atoms with Crippen LogP contribution < -0.4 is 0 Å². The van der Waals surface area contributed by atoms with E-state index in [4.69, 9.17) is 4.74 Å². The summed E-state index contributed by atoms with van der Waals surface area (Å²) in [6.07, 6.45) is 0. The van der Waals surface area contributed by atoms with Crippen LogP contribution in [0.4, 0.5) is 0 Å². The van der Waals surface area contributed by atoms with E-state index in [1.165, 1.54) is 0 Å². The molecule has 1 rings (SSSR count). The number of ether oxygens (including phenoxy) is 1. The van der Waals surface area contributed by atoms with Crippen LogP contribution in [0.2, 0.25) is 0 Å². The van der Waals surface area contributed by atoms with Gasteiger partial charge in [-0.15, -0.1) is 0 Å². The van der Waals surface area contributed by atoms with Crippen molar-refractivity contribution in [3.8, 4) is 0 Å². The maximum Gasteiger partial charge on any atom is 0.166 e. The van der Waals surface area contributed by atoms with E-state index in [0.717, 1.165) is 25.2 Å². The topological polar surface area (TPSA) is 29.5 Å². The van der Waals surface area contributed by atoms with Crippen LogP contribution in [0.3, 0.4) is 0 Å². The standard InChI is InChI=1S/C17H27NO2/c1-14(2)12-18(10-11-20-4)13-15(3)17(19)16-8-6-5-7-9-16/h5-9,14-15H,10-13H2,1-4H3. The second kappa shape index (κ2) is 8.88. The molecule has 0 N–H and O–H groups in total. The van der Waals surface area contributed by atoms with E-state index in [9.17, 15) is 4.79 Å². The summed E-state index contributed by atoms with van der Waals surface area (Å²) in [5, 5.41) is 0. The van der Waals surface area contributed by atoms with Crippen LogP contribution >= 0.6 is 0 Å². The van der Waals surface area contributed by atoms with Crippen molar-refractivity contribution in [1.82, 2.24) is 4.90 Å². The minimum absolute atomic E-state index is 0.00741. The van der Waals surface area contributed by atoms with Crippen LogP contribution in [0.15, 0.2) is 30.3 Å². The molecule has 0 amide bonds. The Labute approximate surface area is 122 Å². The quantitative estimate of drug-likeness (QED) is 0.650. The Morgan fingerprint density at radius 2 is 1.80 bits per heavy atom. The number of nitrogens with zero attached hydrogens (tertiary/aromatic N) is 1. The van der Waals surface area contributed by atoms with Gasteiger partial charge in [0.2, 0.25) is 0 Å². The third-order valence-electron chi connectivity index (χ3n) is 3.27. The first-order valence-electron chi connectivity index (χ1n) is 7.35. The third kappa shape index (κ3) is 5.85. The molecule has 0 bridgehead atoms. The van der Waals surface area contributed by atoms with E-state index >= 15 is 0 Å². The van der Waals surface area contributed by atoms with Crippen LogP contribution in [-0.2, 0) is 4.74 Å². The molecular formula is C17H27NO2. The molecule has 0 aromatic heterocycles. The van der Waals surface area contributed by atoms with Gasteiger partial charge in [0.15, 0.2) is 5.78 Å². The van der Waals surface area contributed by atoms with Crippen molar-refractivity contribution in [2.24, 2.45) is 11.8 Å². The molecule has 0 aliphatic carbocycles. The van der Waals surface area contributed by atoms with Gasteiger partial charge < -0.3 is 9.64 Å². The van der Waals surface area contributed by atoms with Crippen molar-refractivity contribution in [2.45, 2.75) is 20.8 Å². The van der Waals surface area contributed by atoms with Gasteiger partial charge in [-0.05, 0) is 5.92 Å². The summed E-state index contributed by atoms with van der Waals surface area (Å²) in [6, 6.07) is 9.54. The predicted molar refractivity (Wildman–Crippen MR) is 83.1 cm³/mol. The molecule has 0 radical (unpaired) electrons. The zero-order chi connectivity index (χ0) is 15.0. The summed E-state index contributed by atoms with van der Waals surface area (Å²) < 4.78 is 5.15. The fourth-order valence-electron chi connectivity index (χ4n) is 2.35.